The minimum absolute atomic E-state index is 0.0278. The fourth-order valence-electron chi connectivity index (χ4n) is 3.45. The third kappa shape index (κ3) is 3.39. The van der Waals surface area contributed by atoms with Crippen LogP contribution in [-0.4, -0.2) is 65.2 Å². The van der Waals surface area contributed by atoms with Gasteiger partial charge in [-0.25, -0.2) is 36.8 Å². The molecule has 4 rings (SSSR count). The first-order valence-electron chi connectivity index (χ1n) is 9.34. The third-order valence-electron chi connectivity index (χ3n) is 4.82. The van der Waals surface area contributed by atoms with Gasteiger partial charge in [0, 0.05) is 11.6 Å². The van der Waals surface area contributed by atoms with Gasteiger partial charge in [0.05, 0.1) is 31.6 Å². The summed E-state index contributed by atoms with van der Waals surface area (Å²) in [6, 6.07) is 11.1. The van der Waals surface area contributed by atoms with E-state index in [1.165, 1.54) is 4.57 Å². The van der Waals surface area contributed by atoms with Gasteiger partial charge in [-0.05, 0) is 55.0 Å². The summed E-state index contributed by atoms with van der Waals surface area (Å²) in [6.45, 7) is 2.33. The Kier molecular flexibility index (Phi) is 4.94. The van der Waals surface area contributed by atoms with Crippen molar-refractivity contribution in [2.75, 3.05) is 26.0 Å². The molecule has 1 aliphatic rings. The summed E-state index contributed by atoms with van der Waals surface area (Å²) in [5.74, 6) is 0.701. The smallest absolute Gasteiger partial charge is 0.341 e. The van der Waals surface area contributed by atoms with Gasteiger partial charge in [-0.3, -0.25) is 0 Å². The Morgan fingerprint density at radius 2 is 1.90 bits per heavy atom. The fourth-order valence-corrected chi connectivity index (χ4v) is 4.25. The second-order valence-corrected chi connectivity index (χ2v) is 8.70. The zero-order valence-corrected chi connectivity index (χ0v) is 17.3. The van der Waals surface area contributed by atoms with Crippen LogP contribution < -0.4 is 4.74 Å². The number of sulfonamides is 1. The summed E-state index contributed by atoms with van der Waals surface area (Å²) in [5, 5.41) is 0.723. The van der Waals surface area contributed by atoms with Gasteiger partial charge < -0.3 is 4.74 Å². The van der Waals surface area contributed by atoms with Crippen molar-refractivity contribution >= 4 is 33.1 Å². The molecule has 156 valence electrons. The van der Waals surface area contributed by atoms with Gasteiger partial charge >= 0.3 is 12.1 Å². The zero-order chi connectivity index (χ0) is 21.5. The number of ether oxygens (including phenoxy) is 1. The van der Waals surface area contributed by atoms with Crippen LogP contribution in [0.15, 0.2) is 48.7 Å². The minimum Gasteiger partial charge on any atom is -0.494 e. The number of nitrogens with zero attached hydrogens (tertiary/aromatic N) is 4. The van der Waals surface area contributed by atoms with Crippen molar-refractivity contribution in [3.8, 4) is 17.0 Å². The lowest BCUT2D eigenvalue weighted by molar-refractivity contribution is 0.195. The molecule has 3 aromatic rings. The van der Waals surface area contributed by atoms with Crippen molar-refractivity contribution in [1.82, 2.24) is 18.8 Å². The standard InChI is InChI=1S/C20H20N4O5S/c1-3-29-16-8-6-14(7-9-16)17-13-15-5-4-10-21-18(15)24(17)20(26)22-11-12-23(19(22)25)30(2,27)28/h4-10,13H,3,11-12H2,1-2H3. The second-order valence-electron chi connectivity index (χ2n) is 6.79. The molecule has 2 aromatic heterocycles. The Labute approximate surface area is 173 Å². The highest BCUT2D eigenvalue weighted by molar-refractivity contribution is 7.88. The van der Waals surface area contributed by atoms with Crippen LogP contribution in [0.25, 0.3) is 22.3 Å². The SMILES string of the molecule is CCOc1ccc(-c2cc3cccnc3n2C(=O)N2CCN(S(C)(=O)=O)C2=O)cc1. The molecule has 1 aliphatic heterocycles. The zero-order valence-electron chi connectivity index (χ0n) is 16.5. The van der Waals surface area contributed by atoms with E-state index in [1.54, 1.807) is 24.4 Å². The number of fused-ring (bicyclic) bond motifs is 1. The minimum atomic E-state index is -3.75. The summed E-state index contributed by atoms with van der Waals surface area (Å²) in [7, 11) is -3.75. The van der Waals surface area contributed by atoms with Crippen LogP contribution in [0.3, 0.4) is 0 Å². The molecule has 0 radical (unpaired) electrons. The molecule has 9 nitrogen and oxygen atoms in total. The number of urea groups is 1. The van der Waals surface area contributed by atoms with Crippen molar-refractivity contribution in [2.45, 2.75) is 6.92 Å². The van der Waals surface area contributed by atoms with E-state index in [4.69, 9.17) is 4.74 Å². The Morgan fingerprint density at radius 3 is 2.53 bits per heavy atom. The number of benzene rings is 1. The molecule has 0 aliphatic carbocycles. The van der Waals surface area contributed by atoms with Gasteiger partial charge in [0.2, 0.25) is 10.0 Å². The van der Waals surface area contributed by atoms with Crippen molar-refractivity contribution in [3.05, 3.63) is 48.7 Å². The van der Waals surface area contributed by atoms with E-state index >= 15 is 0 Å². The fraction of sp³-hybridized carbons (Fsp3) is 0.250. The topological polar surface area (TPSA) is 102 Å². The molecule has 0 atom stereocenters. The maximum atomic E-state index is 13.4. The first-order valence-corrected chi connectivity index (χ1v) is 11.2. The molecule has 10 heteroatoms. The molecular weight excluding hydrogens is 408 g/mol. The number of hydrogen-bond donors (Lipinski definition) is 0. The van der Waals surface area contributed by atoms with Crippen molar-refractivity contribution in [3.63, 3.8) is 0 Å². The van der Waals surface area contributed by atoms with Crippen LogP contribution >= 0.6 is 0 Å². The predicted octanol–water partition coefficient (Wildman–Crippen LogP) is 2.77. The summed E-state index contributed by atoms with van der Waals surface area (Å²) < 4.78 is 31.1. The Balaban J connectivity index is 1.79. The first kappa shape index (κ1) is 19.9. The van der Waals surface area contributed by atoms with Crippen LogP contribution in [0.1, 0.15) is 6.92 Å². The van der Waals surface area contributed by atoms with Crippen molar-refractivity contribution in [2.24, 2.45) is 0 Å². The molecule has 1 fully saturated rings. The summed E-state index contributed by atoms with van der Waals surface area (Å²) in [4.78, 5) is 31.2. The van der Waals surface area contributed by atoms with E-state index in [9.17, 15) is 18.0 Å². The van der Waals surface area contributed by atoms with Crippen molar-refractivity contribution < 1.29 is 22.7 Å². The van der Waals surface area contributed by atoms with Gasteiger partial charge in [-0.1, -0.05) is 0 Å². The number of rotatable bonds is 4. The van der Waals surface area contributed by atoms with Crippen LogP contribution in [0.4, 0.5) is 9.59 Å². The van der Waals surface area contributed by atoms with Gasteiger partial charge in [0.25, 0.3) is 0 Å². The lowest BCUT2D eigenvalue weighted by Crippen LogP contribution is -2.40. The number of aromatic nitrogens is 2. The number of pyridine rings is 1. The Bertz CT molecular complexity index is 1230. The Morgan fingerprint density at radius 1 is 1.17 bits per heavy atom. The van der Waals surface area contributed by atoms with Crippen LogP contribution in [-0.2, 0) is 10.0 Å². The van der Waals surface area contributed by atoms with E-state index in [0.717, 1.165) is 22.1 Å². The summed E-state index contributed by atoms with van der Waals surface area (Å²) >= 11 is 0. The quantitative estimate of drug-likeness (QED) is 0.633. The maximum absolute atomic E-state index is 13.4. The lowest BCUT2D eigenvalue weighted by atomic mass is 10.1. The van der Waals surface area contributed by atoms with E-state index in [2.05, 4.69) is 4.98 Å². The van der Waals surface area contributed by atoms with Crippen molar-refractivity contribution in [1.29, 1.82) is 0 Å². The average Bonchev–Trinajstić information content (AvgIpc) is 3.29. The molecule has 0 N–H and O–H groups in total. The number of carbonyl (C=O) groups is 2. The van der Waals surface area contributed by atoms with E-state index < -0.39 is 22.1 Å². The first-order chi connectivity index (χ1) is 14.3. The highest BCUT2D eigenvalue weighted by Crippen LogP contribution is 2.30. The third-order valence-corrected chi connectivity index (χ3v) is 5.96. The average molecular weight is 428 g/mol. The van der Waals surface area contributed by atoms with Crippen LogP contribution in [0.5, 0.6) is 5.75 Å². The van der Waals surface area contributed by atoms with Gasteiger partial charge in [0.1, 0.15) is 11.4 Å². The lowest BCUT2D eigenvalue weighted by Gasteiger charge is -2.18. The number of imide groups is 1. The number of amides is 3. The summed E-state index contributed by atoms with van der Waals surface area (Å²) in [5.41, 5.74) is 1.66. The number of carbonyl (C=O) groups excluding carboxylic acids is 2. The normalized spacial score (nSPS) is 14.5. The maximum Gasteiger partial charge on any atom is 0.341 e. The molecular formula is C20H20N4O5S. The van der Waals surface area contributed by atoms with E-state index in [-0.39, 0.29) is 13.1 Å². The molecule has 3 heterocycles. The van der Waals surface area contributed by atoms with E-state index in [0.29, 0.717) is 28.0 Å². The molecule has 0 saturated carbocycles. The molecule has 0 unspecified atom stereocenters. The molecule has 0 bridgehead atoms. The molecule has 30 heavy (non-hydrogen) atoms. The number of hydrogen-bond acceptors (Lipinski definition) is 6. The molecule has 0 spiro atoms. The van der Waals surface area contributed by atoms with Crippen LogP contribution in [0.2, 0.25) is 0 Å². The molecule has 1 aromatic carbocycles. The predicted molar refractivity (Wildman–Crippen MR) is 111 cm³/mol. The summed E-state index contributed by atoms with van der Waals surface area (Å²) in [6.07, 6.45) is 2.50. The van der Waals surface area contributed by atoms with Gasteiger partial charge in [-0.2, -0.15) is 0 Å². The highest BCUT2D eigenvalue weighted by atomic mass is 32.2. The highest BCUT2D eigenvalue weighted by Gasteiger charge is 2.39. The van der Waals surface area contributed by atoms with Gasteiger partial charge in [-0.15, -0.1) is 0 Å². The monoisotopic (exact) mass is 428 g/mol. The Hall–Kier alpha value is -3.40. The largest absolute Gasteiger partial charge is 0.494 e. The molecule has 3 amide bonds. The van der Waals surface area contributed by atoms with E-state index in [1.807, 2.05) is 31.2 Å². The van der Waals surface area contributed by atoms with Gasteiger partial charge in [0.15, 0.2) is 0 Å². The van der Waals surface area contributed by atoms with Crippen LogP contribution in [0, 0.1) is 0 Å². The second kappa shape index (κ2) is 7.45. The molecule has 1 saturated heterocycles.